The lowest BCUT2D eigenvalue weighted by Gasteiger charge is -2.43. The van der Waals surface area contributed by atoms with E-state index in [1.54, 1.807) is 18.4 Å². The van der Waals surface area contributed by atoms with Crippen LogP contribution in [0.2, 0.25) is 0 Å². The van der Waals surface area contributed by atoms with E-state index in [4.69, 9.17) is 18.6 Å². The Bertz CT molecular complexity index is 570. The number of ether oxygens (including phenoxy) is 3. The molecule has 4 atom stereocenters. The molecule has 0 bridgehead atoms. The summed E-state index contributed by atoms with van der Waals surface area (Å²) in [5, 5.41) is 12.1. The number of morpholine rings is 1. The van der Waals surface area contributed by atoms with E-state index in [0.29, 0.717) is 32.1 Å². The van der Waals surface area contributed by atoms with Crippen molar-refractivity contribution in [3.8, 4) is 0 Å². The maximum absolute atomic E-state index is 12.1. The molecular weight excluding hydrogens is 328 g/mol. The van der Waals surface area contributed by atoms with Gasteiger partial charge in [-0.25, -0.2) is 0 Å². The molecule has 0 N–H and O–H groups in total. The van der Waals surface area contributed by atoms with Gasteiger partial charge in [-0.1, -0.05) is 0 Å². The highest BCUT2D eigenvalue weighted by Gasteiger charge is 2.50. The minimum absolute atomic E-state index is 0.213. The molecule has 3 heterocycles. The van der Waals surface area contributed by atoms with Crippen LogP contribution in [0.15, 0.2) is 22.8 Å². The Morgan fingerprint density at radius 2 is 2.04 bits per heavy atom. The lowest BCUT2D eigenvalue weighted by molar-refractivity contribution is -0.542. The summed E-state index contributed by atoms with van der Waals surface area (Å²) in [5.41, 5.74) is 0. The molecule has 2 aliphatic heterocycles. The molecule has 0 aromatic carbocycles. The molecule has 2 saturated heterocycles. The molecule has 2 aliphatic rings. The Hall–Kier alpha value is -1.48. The van der Waals surface area contributed by atoms with Crippen molar-refractivity contribution in [3.63, 3.8) is 0 Å². The lowest BCUT2D eigenvalue weighted by Crippen LogP contribution is -2.59. The Balaban J connectivity index is 1.99. The number of hydrogen-bond acceptors (Lipinski definition) is 7. The van der Waals surface area contributed by atoms with Gasteiger partial charge in [0.2, 0.25) is 6.04 Å². The SMILES string of the molecule is CC1OC(C)(C)OCC(N2CCOCC2)C([N+](=O)[O-])C1c1ccco1. The standard InChI is InChI=1S/C17H26N2O6/c1-12-15(14-5-4-8-23-14)16(19(20)21)13(11-24-17(2,3)25-12)18-6-9-22-10-7-18/h4-5,8,12-13,15-16H,6-7,9-11H2,1-3H3. The maximum atomic E-state index is 12.1. The van der Waals surface area contributed by atoms with Gasteiger partial charge in [0.15, 0.2) is 5.79 Å². The Morgan fingerprint density at radius 3 is 2.64 bits per heavy atom. The fraction of sp³-hybridized carbons (Fsp3) is 0.765. The summed E-state index contributed by atoms with van der Waals surface area (Å²) in [5.74, 6) is -0.748. The highest BCUT2D eigenvalue weighted by Crippen LogP contribution is 2.36. The van der Waals surface area contributed by atoms with Crippen molar-refractivity contribution >= 4 is 0 Å². The molecule has 4 unspecified atom stereocenters. The van der Waals surface area contributed by atoms with Crippen LogP contribution in [0.3, 0.4) is 0 Å². The first kappa shape index (κ1) is 18.3. The highest BCUT2D eigenvalue weighted by molar-refractivity contribution is 5.12. The van der Waals surface area contributed by atoms with E-state index >= 15 is 0 Å². The smallest absolute Gasteiger partial charge is 0.242 e. The largest absolute Gasteiger partial charge is 0.469 e. The second-order valence-electron chi connectivity index (χ2n) is 7.07. The normalized spacial score (nSPS) is 34.2. The van der Waals surface area contributed by atoms with Crippen molar-refractivity contribution in [2.24, 2.45) is 0 Å². The zero-order valence-corrected chi connectivity index (χ0v) is 14.9. The van der Waals surface area contributed by atoms with Crippen molar-refractivity contribution in [3.05, 3.63) is 34.3 Å². The van der Waals surface area contributed by atoms with E-state index in [1.165, 1.54) is 0 Å². The van der Waals surface area contributed by atoms with Crippen LogP contribution in [-0.4, -0.2) is 66.7 Å². The van der Waals surface area contributed by atoms with Crippen LogP contribution in [0.1, 0.15) is 32.4 Å². The van der Waals surface area contributed by atoms with Crippen LogP contribution in [0.4, 0.5) is 0 Å². The van der Waals surface area contributed by atoms with Crippen LogP contribution >= 0.6 is 0 Å². The van der Waals surface area contributed by atoms with Crippen molar-refractivity contribution in [1.29, 1.82) is 0 Å². The monoisotopic (exact) mass is 354 g/mol. The first-order valence-electron chi connectivity index (χ1n) is 8.69. The summed E-state index contributed by atoms with van der Waals surface area (Å²) >= 11 is 0. The minimum atomic E-state index is -0.893. The molecule has 1 aromatic heterocycles. The van der Waals surface area contributed by atoms with Crippen molar-refractivity contribution in [1.82, 2.24) is 4.90 Å². The van der Waals surface area contributed by atoms with Gasteiger partial charge in [0.05, 0.1) is 32.2 Å². The summed E-state index contributed by atoms with van der Waals surface area (Å²) in [6.07, 6.45) is 1.11. The number of nitrogens with zero attached hydrogens (tertiary/aromatic N) is 2. The molecule has 8 heteroatoms. The molecule has 3 rings (SSSR count). The molecule has 0 radical (unpaired) electrons. The van der Waals surface area contributed by atoms with Gasteiger partial charge < -0.3 is 18.6 Å². The fourth-order valence-corrected chi connectivity index (χ4v) is 3.84. The summed E-state index contributed by atoms with van der Waals surface area (Å²) in [6.45, 7) is 8.19. The zero-order valence-electron chi connectivity index (χ0n) is 14.9. The number of hydrogen-bond donors (Lipinski definition) is 0. The minimum Gasteiger partial charge on any atom is -0.469 e. The quantitative estimate of drug-likeness (QED) is 0.605. The molecule has 25 heavy (non-hydrogen) atoms. The molecule has 0 aliphatic carbocycles. The summed E-state index contributed by atoms with van der Waals surface area (Å²) in [7, 11) is 0. The molecule has 2 fully saturated rings. The van der Waals surface area contributed by atoms with E-state index in [-0.39, 0.29) is 17.6 Å². The van der Waals surface area contributed by atoms with Gasteiger partial charge in [-0.2, -0.15) is 0 Å². The second-order valence-corrected chi connectivity index (χ2v) is 7.07. The Morgan fingerprint density at radius 1 is 1.32 bits per heavy atom. The zero-order chi connectivity index (χ0) is 18.0. The number of furan rings is 1. The van der Waals surface area contributed by atoms with Crippen LogP contribution < -0.4 is 0 Å². The van der Waals surface area contributed by atoms with E-state index in [9.17, 15) is 10.1 Å². The fourth-order valence-electron chi connectivity index (χ4n) is 3.84. The first-order valence-corrected chi connectivity index (χ1v) is 8.69. The second kappa shape index (κ2) is 7.41. The van der Waals surface area contributed by atoms with E-state index in [1.807, 2.05) is 20.8 Å². The van der Waals surface area contributed by atoms with Crippen LogP contribution in [0, 0.1) is 10.1 Å². The summed E-state index contributed by atoms with van der Waals surface area (Å²) in [4.78, 5) is 14.0. The molecular formula is C17H26N2O6. The van der Waals surface area contributed by atoms with Crippen LogP contribution in [-0.2, 0) is 14.2 Å². The molecule has 140 valence electrons. The average molecular weight is 354 g/mol. The predicted octanol–water partition coefficient (Wildman–Crippen LogP) is 1.88. The van der Waals surface area contributed by atoms with Gasteiger partial charge in [-0.15, -0.1) is 0 Å². The van der Waals surface area contributed by atoms with Crippen molar-refractivity contribution < 1.29 is 23.6 Å². The third-order valence-corrected chi connectivity index (χ3v) is 4.97. The van der Waals surface area contributed by atoms with Gasteiger partial charge in [0.25, 0.3) is 0 Å². The highest BCUT2D eigenvalue weighted by atomic mass is 16.7. The third-order valence-electron chi connectivity index (χ3n) is 4.97. The summed E-state index contributed by atoms with van der Waals surface area (Å²) < 4.78 is 22.9. The third kappa shape index (κ3) is 4.03. The van der Waals surface area contributed by atoms with Crippen molar-refractivity contribution in [2.45, 2.75) is 50.7 Å². The van der Waals surface area contributed by atoms with Gasteiger partial charge >= 0.3 is 0 Å². The molecule has 1 aromatic rings. The van der Waals surface area contributed by atoms with Crippen LogP contribution in [0.5, 0.6) is 0 Å². The molecule has 0 saturated carbocycles. The Kier molecular flexibility index (Phi) is 5.43. The van der Waals surface area contributed by atoms with Crippen molar-refractivity contribution in [2.75, 3.05) is 32.9 Å². The number of rotatable bonds is 3. The first-order chi connectivity index (χ1) is 11.9. The maximum Gasteiger partial charge on any atom is 0.242 e. The molecule has 0 amide bonds. The average Bonchev–Trinajstić information content (AvgIpc) is 3.07. The summed E-state index contributed by atoms with van der Waals surface area (Å²) in [6, 6.07) is 2.27. The molecule has 0 spiro atoms. The van der Waals surface area contributed by atoms with Crippen LogP contribution in [0.25, 0.3) is 0 Å². The topological polar surface area (TPSA) is 87.2 Å². The lowest BCUT2D eigenvalue weighted by atomic mass is 9.86. The van der Waals surface area contributed by atoms with E-state index < -0.39 is 23.9 Å². The predicted molar refractivity (Wildman–Crippen MR) is 89.0 cm³/mol. The van der Waals surface area contributed by atoms with Gasteiger partial charge in [-0.3, -0.25) is 15.0 Å². The Labute approximate surface area is 147 Å². The van der Waals surface area contributed by atoms with E-state index in [2.05, 4.69) is 4.90 Å². The number of nitro groups is 1. The van der Waals surface area contributed by atoms with Gasteiger partial charge in [-0.05, 0) is 32.9 Å². The van der Waals surface area contributed by atoms with Gasteiger partial charge in [0, 0.05) is 18.0 Å². The van der Waals surface area contributed by atoms with Gasteiger partial charge in [0.1, 0.15) is 17.7 Å². The van der Waals surface area contributed by atoms with E-state index in [0.717, 1.165) is 0 Å². The molecule has 8 nitrogen and oxygen atoms in total.